The van der Waals surface area contributed by atoms with Crippen LogP contribution in [0.25, 0.3) is 0 Å². The molecule has 0 saturated heterocycles. The minimum absolute atomic E-state index is 0.163. The summed E-state index contributed by atoms with van der Waals surface area (Å²) >= 11 is 0. The molecule has 0 saturated carbocycles. The fourth-order valence-electron chi connectivity index (χ4n) is 4.31. The molecule has 0 unspecified atom stereocenters. The third-order valence-corrected chi connectivity index (χ3v) is 8.57. The molecule has 0 bridgehead atoms. The predicted molar refractivity (Wildman–Crippen MR) is 157 cm³/mol. The first kappa shape index (κ1) is 27.0. The molecule has 0 aliphatic rings. The standard InChI is InChI=1S/C31H42N3P/c1-22(2)28-20-15-21-29(23(3)4)30(28)33-31(32-24(5)6)34(25(7)8)35(26-16-11-9-12-17-26)27-18-13-10-14-19-27/h9-25H,1-8H3,(H,32,33). The summed E-state index contributed by atoms with van der Waals surface area (Å²) in [6.45, 7) is 17.9. The van der Waals surface area contributed by atoms with Crippen molar-refractivity contribution in [2.24, 2.45) is 4.99 Å². The van der Waals surface area contributed by atoms with Crippen LogP contribution in [-0.4, -0.2) is 22.7 Å². The van der Waals surface area contributed by atoms with Gasteiger partial charge < -0.3 is 9.99 Å². The second-order valence-corrected chi connectivity index (χ2v) is 12.3. The highest BCUT2D eigenvalue weighted by Crippen LogP contribution is 2.42. The van der Waals surface area contributed by atoms with Crippen molar-refractivity contribution in [3.8, 4) is 0 Å². The first-order valence-corrected chi connectivity index (χ1v) is 14.2. The zero-order valence-electron chi connectivity index (χ0n) is 22.7. The maximum absolute atomic E-state index is 5.21. The van der Waals surface area contributed by atoms with Gasteiger partial charge in [-0.05, 0) is 50.7 Å². The SMILES string of the molecule is CC(C)N=C(Nc1c(C(C)C)cccc1C(C)C)N(C(C)C)P(c1ccccc1)c1ccccc1. The molecule has 3 rings (SSSR count). The van der Waals surface area contributed by atoms with Crippen LogP contribution >= 0.6 is 8.07 Å². The first-order chi connectivity index (χ1) is 16.7. The number of rotatable bonds is 8. The van der Waals surface area contributed by atoms with Crippen LogP contribution in [0, 0.1) is 0 Å². The number of nitrogens with zero attached hydrogens (tertiary/aromatic N) is 2. The Morgan fingerprint density at radius 3 is 1.49 bits per heavy atom. The topological polar surface area (TPSA) is 27.6 Å². The molecule has 3 aromatic carbocycles. The van der Waals surface area contributed by atoms with E-state index in [0.29, 0.717) is 11.8 Å². The number of aliphatic imine (C=N–C) groups is 1. The Morgan fingerprint density at radius 2 is 1.11 bits per heavy atom. The normalized spacial score (nSPS) is 12.3. The lowest BCUT2D eigenvalue weighted by atomic mass is 9.93. The van der Waals surface area contributed by atoms with E-state index in [-0.39, 0.29) is 12.1 Å². The number of hydrogen-bond acceptors (Lipinski definition) is 1. The Kier molecular flexibility index (Phi) is 9.52. The number of benzene rings is 3. The lowest BCUT2D eigenvalue weighted by molar-refractivity contribution is 0.535. The molecular formula is C31H42N3P. The molecule has 0 aliphatic heterocycles. The summed E-state index contributed by atoms with van der Waals surface area (Å²) in [6.07, 6.45) is 0. The summed E-state index contributed by atoms with van der Waals surface area (Å²) in [5, 5.41) is 6.55. The van der Waals surface area contributed by atoms with Crippen molar-refractivity contribution in [1.29, 1.82) is 0 Å². The van der Waals surface area contributed by atoms with Crippen molar-refractivity contribution in [2.75, 3.05) is 5.32 Å². The van der Waals surface area contributed by atoms with Crippen LogP contribution in [0.5, 0.6) is 0 Å². The quantitative estimate of drug-likeness (QED) is 0.199. The van der Waals surface area contributed by atoms with Gasteiger partial charge in [0.15, 0.2) is 0 Å². The van der Waals surface area contributed by atoms with Gasteiger partial charge in [0.05, 0.1) is 8.07 Å². The van der Waals surface area contributed by atoms with Crippen LogP contribution < -0.4 is 15.9 Å². The molecule has 0 radical (unpaired) electrons. The van der Waals surface area contributed by atoms with E-state index in [0.717, 1.165) is 5.96 Å². The third-order valence-electron chi connectivity index (χ3n) is 5.91. The first-order valence-electron chi connectivity index (χ1n) is 12.9. The summed E-state index contributed by atoms with van der Waals surface area (Å²) < 4.78 is 2.52. The van der Waals surface area contributed by atoms with Crippen LogP contribution in [-0.2, 0) is 0 Å². The molecule has 1 N–H and O–H groups in total. The molecule has 186 valence electrons. The highest BCUT2D eigenvalue weighted by Gasteiger charge is 2.29. The lowest BCUT2D eigenvalue weighted by Crippen LogP contribution is -2.43. The molecular weight excluding hydrogens is 445 g/mol. The van der Waals surface area contributed by atoms with Gasteiger partial charge in [0.25, 0.3) is 0 Å². The molecule has 0 atom stereocenters. The predicted octanol–water partition coefficient (Wildman–Crippen LogP) is 7.87. The summed E-state index contributed by atoms with van der Waals surface area (Å²) in [5.41, 5.74) is 3.87. The number of nitrogens with one attached hydrogen (secondary N) is 1. The van der Waals surface area contributed by atoms with E-state index in [1.54, 1.807) is 0 Å². The minimum atomic E-state index is -0.830. The van der Waals surface area contributed by atoms with Crippen LogP contribution in [0.15, 0.2) is 83.9 Å². The van der Waals surface area contributed by atoms with E-state index in [1.165, 1.54) is 27.4 Å². The van der Waals surface area contributed by atoms with Gasteiger partial charge in [0, 0.05) is 28.4 Å². The average molecular weight is 488 g/mol. The summed E-state index contributed by atoms with van der Waals surface area (Å²) in [5.74, 6) is 1.77. The maximum Gasteiger partial charge on any atom is 0.202 e. The van der Waals surface area contributed by atoms with Gasteiger partial charge in [-0.3, -0.25) is 0 Å². The van der Waals surface area contributed by atoms with E-state index < -0.39 is 8.07 Å². The third kappa shape index (κ3) is 6.73. The van der Waals surface area contributed by atoms with Crippen LogP contribution in [0.4, 0.5) is 5.69 Å². The second kappa shape index (κ2) is 12.4. The number of guanidine groups is 1. The van der Waals surface area contributed by atoms with Crippen molar-refractivity contribution in [1.82, 2.24) is 4.67 Å². The van der Waals surface area contributed by atoms with Gasteiger partial charge in [-0.1, -0.05) is 107 Å². The van der Waals surface area contributed by atoms with E-state index >= 15 is 0 Å². The van der Waals surface area contributed by atoms with Gasteiger partial charge in [-0.25, -0.2) is 4.99 Å². The average Bonchev–Trinajstić information content (AvgIpc) is 2.82. The number of para-hydroxylation sites is 1. The van der Waals surface area contributed by atoms with Crippen LogP contribution in [0.3, 0.4) is 0 Å². The van der Waals surface area contributed by atoms with Gasteiger partial charge >= 0.3 is 0 Å². The molecule has 3 aromatic rings. The van der Waals surface area contributed by atoms with Crippen molar-refractivity contribution in [3.05, 3.63) is 90.0 Å². The largest absolute Gasteiger partial charge is 0.325 e. The van der Waals surface area contributed by atoms with E-state index in [9.17, 15) is 0 Å². The second-order valence-electron chi connectivity index (χ2n) is 10.2. The Hall–Kier alpha value is -2.64. The number of anilines is 1. The van der Waals surface area contributed by atoms with Gasteiger partial charge in [0.1, 0.15) is 0 Å². The molecule has 35 heavy (non-hydrogen) atoms. The van der Waals surface area contributed by atoms with Crippen molar-refractivity contribution < 1.29 is 0 Å². The highest BCUT2D eigenvalue weighted by atomic mass is 31.1. The van der Waals surface area contributed by atoms with Gasteiger partial charge in [-0.15, -0.1) is 0 Å². The van der Waals surface area contributed by atoms with Gasteiger partial charge in [0.2, 0.25) is 5.96 Å². The van der Waals surface area contributed by atoms with E-state index in [2.05, 4.69) is 144 Å². The van der Waals surface area contributed by atoms with Gasteiger partial charge in [-0.2, -0.15) is 0 Å². The molecule has 0 heterocycles. The van der Waals surface area contributed by atoms with E-state index in [1.807, 2.05) is 0 Å². The smallest absolute Gasteiger partial charge is 0.202 e. The molecule has 0 spiro atoms. The molecule has 0 aromatic heterocycles. The highest BCUT2D eigenvalue weighted by molar-refractivity contribution is 7.71. The fourth-order valence-corrected chi connectivity index (χ4v) is 6.76. The van der Waals surface area contributed by atoms with Crippen molar-refractivity contribution in [2.45, 2.75) is 79.3 Å². The molecule has 0 fully saturated rings. The molecule has 3 nitrogen and oxygen atoms in total. The van der Waals surface area contributed by atoms with Crippen LogP contribution in [0.2, 0.25) is 0 Å². The molecule has 0 aliphatic carbocycles. The Labute approximate surface area is 214 Å². The lowest BCUT2D eigenvalue weighted by Gasteiger charge is -2.39. The summed E-state index contributed by atoms with van der Waals surface area (Å²) in [4.78, 5) is 5.21. The fraction of sp³-hybridized carbons (Fsp3) is 0.387. The molecule has 0 amide bonds. The zero-order chi connectivity index (χ0) is 25.5. The summed E-state index contributed by atoms with van der Waals surface area (Å²) in [7, 11) is -0.830. The monoisotopic (exact) mass is 487 g/mol. The number of hydrogen-bond donors (Lipinski definition) is 1. The maximum atomic E-state index is 5.21. The Bertz CT molecular complexity index is 1020. The van der Waals surface area contributed by atoms with Crippen LogP contribution in [0.1, 0.15) is 78.4 Å². The minimum Gasteiger partial charge on any atom is -0.325 e. The zero-order valence-corrected chi connectivity index (χ0v) is 23.6. The Balaban J connectivity index is 2.22. The van der Waals surface area contributed by atoms with E-state index in [4.69, 9.17) is 4.99 Å². The van der Waals surface area contributed by atoms with Crippen molar-refractivity contribution >= 4 is 30.3 Å². The molecule has 4 heteroatoms. The summed E-state index contributed by atoms with van der Waals surface area (Å²) in [6, 6.07) is 28.9. The van der Waals surface area contributed by atoms with Crippen molar-refractivity contribution in [3.63, 3.8) is 0 Å². The Morgan fingerprint density at radius 1 is 0.657 bits per heavy atom.